The molecule has 43 heavy (non-hydrogen) atoms. The Balaban J connectivity index is 1.47. The summed E-state index contributed by atoms with van der Waals surface area (Å²) in [5.74, 6) is -0.392. The zero-order chi connectivity index (χ0) is 30.7. The first-order valence-electron chi connectivity index (χ1n) is 15.0. The van der Waals surface area contributed by atoms with Crippen molar-refractivity contribution in [1.29, 1.82) is 0 Å². The van der Waals surface area contributed by atoms with Gasteiger partial charge in [0.2, 0.25) is 5.91 Å². The molecule has 1 fully saturated rings. The maximum Gasteiger partial charge on any atom is 0.325 e. The molecular weight excluding hydrogens is 546 g/mol. The Hall–Kier alpha value is -3.95. The van der Waals surface area contributed by atoms with Crippen LogP contribution in [-0.2, 0) is 30.5 Å². The van der Waals surface area contributed by atoms with E-state index in [4.69, 9.17) is 14.3 Å². The van der Waals surface area contributed by atoms with E-state index in [1.165, 1.54) is 0 Å². The number of hydrogen-bond acceptors (Lipinski definition) is 8. The van der Waals surface area contributed by atoms with E-state index < -0.39 is 5.60 Å². The van der Waals surface area contributed by atoms with E-state index in [0.717, 1.165) is 29.8 Å². The molecule has 1 saturated heterocycles. The summed E-state index contributed by atoms with van der Waals surface area (Å²) in [6.45, 7) is 9.14. The van der Waals surface area contributed by atoms with Gasteiger partial charge < -0.3 is 24.9 Å². The summed E-state index contributed by atoms with van der Waals surface area (Å²) < 4.78 is 11.3. The largest absolute Gasteiger partial charge is 0.494 e. The molecule has 2 aromatic carbocycles. The second kappa shape index (κ2) is 15.5. The molecule has 0 bridgehead atoms. The predicted molar refractivity (Wildman–Crippen MR) is 166 cm³/mol. The van der Waals surface area contributed by atoms with E-state index in [2.05, 4.69) is 10.6 Å². The van der Waals surface area contributed by atoms with Gasteiger partial charge in [-0.3, -0.25) is 14.4 Å². The fourth-order valence-electron chi connectivity index (χ4n) is 4.89. The van der Waals surface area contributed by atoms with Crippen molar-refractivity contribution in [2.24, 2.45) is 5.92 Å². The van der Waals surface area contributed by atoms with Gasteiger partial charge >= 0.3 is 11.9 Å². The van der Waals surface area contributed by atoms with E-state index in [1.54, 1.807) is 5.06 Å². The van der Waals surface area contributed by atoms with Crippen LogP contribution in [0.15, 0.2) is 60.2 Å². The van der Waals surface area contributed by atoms with Crippen LogP contribution in [0.1, 0.15) is 63.1 Å². The monoisotopic (exact) mass is 589 g/mol. The minimum absolute atomic E-state index is 0.172. The molecule has 4 rings (SSSR count). The van der Waals surface area contributed by atoms with Gasteiger partial charge in [0, 0.05) is 57.1 Å². The second-order valence-corrected chi connectivity index (χ2v) is 11.7. The number of carbonyl (C=O) groups excluding carboxylic acids is 3. The van der Waals surface area contributed by atoms with Crippen LogP contribution in [0.3, 0.4) is 0 Å². The fraction of sp³-hybridized carbons (Fsp3) is 0.441. The Kier molecular flexibility index (Phi) is 11.5. The molecule has 0 saturated carbocycles. The number of fused-ring (bicyclic) bond motifs is 1. The Morgan fingerprint density at radius 2 is 1.79 bits per heavy atom. The number of hydroxylamine groups is 2. The van der Waals surface area contributed by atoms with Gasteiger partial charge in [0.15, 0.2) is 0 Å². The maximum atomic E-state index is 13.3. The van der Waals surface area contributed by atoms with Crippen LogP contribution in [-0.4, -0.2) is 61.3 Å². The average molecular weight is 590 g/mol. The molecule has 0 radical (unpaired) electrons. The van der Waals surface area contributed by atoms with Gasteiger partial charge in [0.05, 0.1) is 6.61 Å². The molecular formula is C34H43N3O6. The molecule has 2 aromatic rings. The summed E-state index contributed by atoms with van der Waals surface area (Å²) in [6.07, 6.45) is 7.26. The molecule has 1 amide bonds. The zero-order valence-electron chi connectivity index (χ0n) is 25.4. The number of carbonyl (C=O) groups is 3. The van der Waals surface area contributed by atoms with E-state index in [-0.39, 0.29) is 36.6 Å². The number of nitrogens with one attached hydrogen (secondary N) is 2. The SMILES string of the molecule is CC(C)(C)OC(=O)CCCOc1ccc2c(c1)C=C(C(C=Cc1ccccc1)CCC(=O)ON1CCNCC1)C(=O)NC2. The van der Waals surface area contributed by atoms with E-state index in [9.17, 15) is 14.4 Å². The van der Waals surface area contributed by atoms with E-state index >= 15 is 0 Å². The fourth-order valence-corrected chi connectivity index (χ4v) is 4.89. The number of esters is 1. The molecule has 2 aliphatic heterocycles. The molecule has 2 heterocycles. The quantitative estimate of drug-likeness (QED) is 0.272. The van der Waals surface area contributed by atoms with Crippen molar-refractivity contribution in [2.45, 2.75) is 58.6 Å². The maximum absolute atomic E-state index is 13.3. The minimum Gasteiger partial charge on any atom is -0.494 e. The Labute approximate surface area is 254 Å². The molecule has 1 unspecified atom stereocenters. The van der Waals surface area contributed by atoms with Gasteiger partial charge in [-0.05, 0) is 68.5 Å². The third kappa shape index (κ3) is 10.7. The first-order valence-corrected chi connectivity index (χ1v) is 15.0. The van der Waals surface area contributed by atoms with Crippen LogP contribution >= 0.6 is 0 Å². The van der Waals surface area contributed by atoms with E-state index in [0.29, 0.717) is 50.4 Å². The summed E-state index contributed by atoms with van der Waals surface area (Å²) in [4.78, 5) is 43.6. The van der Waals surface area contributed by atoms with E-state index in [1.807, 2.05) is 87.5 Å². The van der Waals surface area contributed by atoms with Crippen molar-refractivity contribution in [1.82, 2.24) is 15.7 Å². The van der Waals surface area contributed by atoms with Gasteiger partial charge in [-0.15, -0.1) is 5.06 Å². The molecule has 9 heteroatoms. The predicted octanol–water partition coefficient (Wildman–Crippen LogP) is 4.67. The van der Waals surface area contributed by atoms with Gasteiger partial charge in [0.25, 0.3) is 0 Å². The van der Waals surface area contributed by atoms with Crippen LogP contribution in [0.4, 0.5) is 0 Å². The summed E-state index contributed by atoms with van der Waals surface area (Å²) in [6, 6.07) is 15.6. The number of benzene rings is 2. The summed E-state index contributed by atoms with van der Waals surface area (Å²) in [5, 5.41) is 7.95. The van der Waals surface area contributed by atoms with Crippen molar-refractivity contribution in [2.75, 3.05) is 32.8 Å². The standard InChI is InChI=1S/C34H43N3O6/c1-34(2,3)42-31(38)10-7-21-41-29-15-13-27-24-36-33(40)30(23-28(27)22-29)26(12-11-25-8-5-4-6-9-25)14-16-32(39)43-37-19-17-35-18-20-37/h4-6,8-9,11-13,15,22-23,26,35H,7,10,14,16-21,24H2,1-3H3,(H,36,40). The number of allylic oxidation sites excluding steroid dienone is 1. The van der Waals surface area contributed by atoms with Crippen LogP contribution < -0.4 is 15.4 Å². The van der Waals surface area contributed by atoms with Gasteiger partial charge in [-0.1, -0.05) is 48.6 Å². The molecule has 9 nitrogen and oxygen atoms in total. The van der Waals surface area contributed by atoms with Crippen molar-refractivity contribution in [3.8, 4) is 5.75 Å². The smallest absolute Gasteiger partial charge is 0.325 e. The topological polar surface area (TPSA) is 106 Å². The molecule has 2 aliphatic rings. The van der Waals surface area contributed by atoms with Crippen molar-refractivity contribution < 1.29 is 28.7 Å². The van der Waals surface area contributed by atoms with Crippen LogP contribution in [0.5, 0.6) is 5.75 Å². The third-order valence-electron chi connectivity index (χ3n) is 7.03. The highest BCUT2D eigenvalue weighted by molar-refractivity contribution is 6.00. The summed E-state index contributed by atoms with van der Waals surface area (Å²) in [7, 11) is 0. The number of ether oxygens (including phenoxy) is 2. The second-order valence-electron chi connectivity index (χ2n) is 11.7. The summed E-state index contributed by atoms with van der Waals surface area (Å²) >= 11 is 0. The highest BCUT2D eigenvalue weighted by Crippen LogP contribution is 2.29. The molecule has 1 atom stereocenters. The molecule has 0 aromatic heterocycles. The first kappa shape index (κ1) is 32.0. The normalized spacial score (nSPS) is 16.4. The molecule has 2 N–H and O–H groups in total. The van der Waals surface area contributed by atoms with Gasteiger partial charge in [0.1, 0.15) is 11.4 Å². The van der Waals surface area contributed by atoms with Gasteiger partial charge in [-0.2, -0.15) is 0 Å². The number of amides is 1. The minimum atomic E-state index is -0.510. The number of piperazine rings is 1. The molecule has 230 valence electrons. The van der Waals surface area contributed by atoms with Crippen LogP contribution in [0, 0.1) is 5.92 Å². The average Bonchev–Trinajstić information content (AvgIpc) is 3.14. The molecule has 0 spiro atoms. The zero-order valence-corrected chi connectivity index (χ0v) is 25.4. The Morgan fingerprint density at radius 3 is 2.53 bits per heavy atom. The highest BCUT2D eigenvalue weighted by atomic mass is 16.7. The van der Waals surface area contributed by atoms with Crippen molar-refractivity contribution in [3.05, 3.63) is 76.9 Å². The lowest BCUT2D eigenvalue weighted by molar-refractivity contribution is -0.193. The number of nitrogens with zero attached hydrogens (tertiary/aromatic N) is 1. The lowest BCUT2D eigenvalue weighted by Crippen LogP contribution is -2.44. The van der Waals surface area contributed by atoms with Crippen LogP contribution in [0.2, 0.25) is 0 Å². The Bertz CT molecular complexity index is 1310. The lowest BCUT2D eigenvalue weighted by Gasteiger charge is -2.25. The van der Waals surface area contributed by atoms with Gasteiger partial charge in [-0.25, -0.2) is 0 Å². The molecule has 0 aliphatic carbocycles. The van der Waals surface area contributed by atoms with Crippen molar-refractivity contribution in [3.63, 3.8) is 0 Å². The third-order valence-corrected chi connectivity index (χ3v) is 7.03. The highest BCUT2D eigenvalue weighted by Gasteiger charge is 2.24. The number of hydrogen-bond donors (Lipinski definition) is 2. The van der Waals surface area contributed by atoms with Crippen molar-refractivity contribution >= 4 is 30.0 Å². The lowest BCUT2D eigenvalue weighted by atomic mass is 9.90. The Morgan fingerprint density at radius 1 is 1.02 bits per heavy atom. The first-order chi connectivity index (χ1) is 20.7. The number of rotatable bonds is 12. The van der Waals surface area contributed by atoms with Crippen LogP contribution in [0.25, 0.3) is 12.2 Å². The summed E-state index contributed by atoms with van der Waals surface area (Å²) in [5.41, 5.74) is 2.91.